The highest BCUT2D eigenvalue weighted by molar-refractivity contribution is 6.16. The molecule has 1 aromatic carbocycles. The number of phenols is 1. The number of carbonyl (C=O) groups excluding carboxylic acids is 2. The van der Waals surface area contributed by atoms with Crippen molar-refractivity contribution in [3.8, 4) is 5.75 Å². The molecule has 1 heterocycles. The summed E-state index contributed by atoms with van der Waals surface area (Å²) >= 11 is 0. The standard InChI is InChI=1S/C15H18N2O5/c1-15(2,3)10-7-8(6-9(12(10)19)13(20)21)17-11(18)4-5-16-14(17)22/h6-7,19H,4-5H2,1-3H3,(H,16,22)(H,20,21). The molecule has 2 rings (SSSR count). The molecule has 3 amide bonds. The topological polar surface area (TPSA) is 107 Å². The third-order valence-corrected chi connectivity index (χ3v) is 3.46. The lowest BCUT2D eigenvalue weighted by atomic mass is 9.84. The summed E-state index contributed by atoms with van der Waals surface area (Å²) in [4.78, 5) is 36.1. The van der Waals surface area contributed by atoms with Crippen LogP contribution in [-0.4, -0.2) is 34.7 Å². The molecule has 0 aliphatic carbocycles. The molecule has 0 radical (unpaired) electrons. The summed E-state index contributed by atoms with van der Waals surface area (Å²) < 4.78 is 0. The minimum atomic E-state index is -1.32. The van der Waals surface area contributed by atoms with Gasteiger partial charge < -0.3 is 15.5 Å². The summed E-state index contributed by atoms with van der Waals surface area (Å²) in [6.45, 7) is 5.66. The number of rotatable bonds is 2. The largest absolute Gasteiger partial charge is 0.507 e. The van der Waals surface area contributed by atoms with Crippen LogP contribution in [0.15, 0.2) is 12.1 Å². The number of amides is 3. The molecule has 22 heavy (non-hydrogen) atoms. The Kier molecular flexibility index (Phi) is 3.83. The van der Waals surface area contributed by atoms with E-state index in [1.165, 1.54) is 6.07 Å². The summed E-state index contributed by atoms with van der Waals surface area (Å²) in [5.41, 5.74) is -0.399. The molecule has 0 spiro atoms. The molecule has 0 atom stereocenters. The molecule has 3 N–H and O–H groups in total. The normalized spacial score (nSPS) is 15.7. The van der Waals surface area contributed by atoms with Crippen molar-refractivity contribution in [1.29, 1.82) is 0 Å². The number of aromatic carboxylic acids is 1. The number of imide groups is 1. The Hall–Kier alpha value is -2.57. The summed E-state index contributed by atoms with van der Waals surface area (Å²) in [5.74, 6) is -2.09. The molecule has 1 aromatic rings. The third kappa shape index (κ3) is 2.74. The zero-order chi connectivity index (χ0) is 16.7. The SMILES string of the molecule is CC(C)(C)c1cc(N2C(=O)CCNC2=O)cc(C(=O)O)c1O. The van der Waals surface area contributed by atoms with E-state index in [2.05, 4.69) is 5.32 Å². The second-order valence-electron chi connectivity index (χ2n) is 6.16. The van der Waals surface area contributed by atoms with Crippen LogP contribution < -0.4 is 10.2 Å². The van der Waals surface area contributed by atoms with Crippen molar-refractivity contribution in [2.24, 2.45) is 0 Å². The van der Waals surface area contributed by atoms with Crippen LogP contribution in [0.2, 0.25) is 0 Å². The van der Waals surface area contributed by atoms with Gasteiger partial charge in [0.2, 0.25) is 5.91 Å². The molecule has 7 nitrogen and oxygen atoms in total. The highest BCUT2D eigenvalue weighted by atomic mass is 16.4. The van der Waals surface area contributed by atoms with Crippen molar-refractivity contribution in [2.45, 2.75) is 32.6 Å². The van der Waals surface area contributed by atoms with E-state index < -0.39 is 23.3 Å². The molecular weight excluding hydrogens is 288 g/mol. The number of hydrogen-bond acceptors (Lipinski definition) is 4. The van der Waals surface area contributed by atoms with Crippen molar-refractivity contribution in [3.05, 3.63) is 23.3 Å². The Labute approximate surface area is 127 Å². The molecule has 0 saturated carbocycles. The van der Waals surface area contributed by atoms with Gasteiger partial charge in [0.25, 0.3) is 0 Å². The van der Waals surface area contributed by atoms with E-state index in [0.717, 1.165) is 11.0 Å². The van der Waals surface area contributed by atoms with Crippen molar-refractivity contribution in [3.63, 3.8) is 0 Å². The van der Waals surface area contributed by atoms with Gasteiger partial charge in [-0.15, -0.1) is 0 Å². The smallest absolute Gasteiger partial charge is 0.339 e. The van der Waals surface area contributed by atoms with Crippen LogP contribution >= 0.6 is 0 Å². The number of carboxylic acid groups (broad SMARTS) is 1. The number of nitrogens with zero attached hydrogens (tertiary/aromatic N) is 1. The third-order valence-electron chi connectivity index (χ3n) is 3.46. The summed E-state index contributed by atoms with van der Waals surface area (Å²) in [6, 6.07) is 2.01. The van der Waals surface area contributed by atoms with Crippen molar-refractivity contribution in [1.82, 2.24) is 5.32 Å². The van der Waals surface area contributed by atoms with E-state index in [9.17, 15) is 24.6 Å². The Balaban J connectivity index is 2.66. The number of anilines is 1. The maximum absolute atomic E-state index is 12.0. The van der Waals surface area contributed by atoms with Crippen LogP contribution in [0, 0.1) is 0 Å². The quantitative estimate of drug-likeness (QED) is 0.772. The van der Waals surface area contributed by atoms with Gasteiger partial charge >= 0.3 is 12.0 Å². The van der Waals surface area contributed by atoms with Crippen LogP contribution in [-0.2, 0) is 10.2 Å². The number of carbonyl (C=O) groups is 3. The van der Waals surface area contributed by atoms with Crippen LogP contribution in [0.3, 0.4) is 0 Å². The summed E-state index contributed by atoms with van der Waals surface area (Å²) in [5, 5.41) is 21.9. The Morgan fingerprint density at radius 2 is 1.91 bits per heavy atom. The van der Waals surface area contributed by atoms with E-state index in [0.29, 0.717) is 5.56 Å². The van der Waals surface area contributed by atoms with E-state index in [1.54, 1.807) is 20.8 Å². The maximum Gasteiger partial charge on any atom is 0.339 e. The molecule has 0 unspecified atom stereocenters. The van der Waals surface area contributed by atoms with Gasteiger partial charge in [0.05, 0.1) is 5.69 Å². The Morgan fingerprint density at radius 1 is 1.27 bits per heavy atom. The fourth-order valence-corrected chi connectivity index (χ4v) is 2.32. The first-order chi connectivity index (χ1) is 10.1. The van der Waals surface area contributed by atoms with E-state index in [4.69, 9.17) is 0 Å². The van der Waals surface area contributed by atoms with Crippen LogP contribution in [0.5, 0.6) is 5.75 Å². The lowest BCUT2D eigenvalue weighted by molar-refractivity contribution is -0.118. The molecule has 1 fully saturated rings. The van der Waals surface area contributed by atoms with E-state index >= 15 is 0 Å². The summed E-state index contributed by atoms with van der Waals surface area (Å²) in [6.07, 6.45) is 0.139. The fraction of sp³-hybridized carbons (Fsp3) is 0.400. The van der Waals surface area contributed by atoms with Gasteiger partial charge in [-0.1, -0.05) is 20.8 Å². The highest BCUT2D eigenvalue weighted by Crippen LogP contribution is 2.37. The first-order valence-corrected chi connectivity index (χ1v) is 6.84. The number of nitrogens with one attached hydrogen (secondary N) is 1. The monoisotopic (exact) mass is 306 g/mol. The average Bonchev–Trinajstić information content (AvgIpc) is 2.38. The van der Waals surface area contributed by atoms with Gasteiger partial charge in [0.15, 0.2) is 0 Å². The molecule has 0 aromatic heterocycles. The minimum absolute atomic E-state index is 0.139. The van der Waals surface area contributed by atoms with Crippen LogP contribution in [0.1, 0.15) is 43.1 Å². The van der Waals surface area contributed by atoms with Crippen molar-refractivity contribution < 1.29 is 24.6 Å². The van der Waals surface area contributed by atoms with Crippen molar-refractivity contribution >= 4 is 23.6 Å². The number of aromatic hydroxyl groups is 1. The second kappa shape index (κ2) is 5.32. The van der Waals surface area contributed by atoms with Crippen LogP contribution in [0.25, 0.3) is 0 Å². The van der Waals surface area contributed by atoms with Crippen molar-refractivity contribution in [2.75, 3.05) is 11.4 Å². The second-order valence-corrected chi connectivity index (χ2v) is 6.16. The number of carboxylic acids is 1. The molecule has 118 valence electrons. The zero-order valence-electron chi connectivity index (χ0n) is 12.6. The van der Waals surface area contributed by atoms with Gasteiger partial charge in [-0.25, -0.2) is 14.5 Å². The predicted molar refractivity (Wildman–Crippen MR) is 79.3 cm³/mol. The van der Waals surface area contributed by atoms with E-state index in [-0.39, 0.29) is 30.0 Å². The first-order valence-electron chi connectivity index (χ1n) is 6.84. The Bertz CT molecular complexity index is 645. The van der Waals surface area contributed by atoms with Gasteiger partial charge in [-0.05, 0) is 17.5 Å². The highest BCUT2D eigenvalue weighted by Gasteiger charge is 2.31. The first kappa shape index (κ1) is 15.8. The fourth-order valence-electron chi connectivity index (χ4n) is 2.32. The van der Waals surface area contributed by atoms with Gasteiger partial charge in [0, 0.05) is 18.5 Å². The molecule has 0 bridgehead atoms. The lowest BCUT2D eigenvalue weighted by Crippen LogP contribution is -2.50. The van der Waals surface area contributed by atoms with Gasteiger partial charge in [-0.2, -0.15) is 0 Å². The number of benzene rings is 1. The summed E-state index contributed by atoms with van der Waals surface area (Å²) in [7, 11) is 0. The molecular formula is C15H18N2O5. The number of urea groups is 1. The van der Waals surface area contributed by atoms with Gasteiger partial charge in [-0.3, -0.25) is 4.79 Å². The molecule has 1 aliphatic heterocycles. The molecule has 1 aliphatic rings. The lowest BCUT2D eigenvalue weighted by Gasteiger charge is -2.28. The zero-order valence-corrected chi connectivity index (χ0v) is 12.6. The predicted octanol–water partition coefficient (Wildman–Crippen LogP) is 1.83. The minimum Gasteiger partial charge on any atom is -0.507 e. The average molecular weight is 306 g/mol. The van der Waals surface area contributed by atoms with Crippen LogP contribution in [0.4, 0.5) is 10.5 Å². The molecule has 1 saturated heterocycles. The van der Waals surface area contributed by atoms with Gasteiger partial charge in [0.1, 0.15) is 11.3 Å². The Morgan fingerprint density at radius 3 is 2.41 bits per heavy atom. The molecule has 7 heteroatoms. The maximum atomic E-state index is 12.0. The number of hydrogen-bond donors (Lipinski definition) is 3. The van der Waals surface area contributed by atoms with E-state index in [1.807, 2.05) is 0 Å².